The Morgan fingerprint density at radius 3 is 2.58 bits per heavy atom. The van der Waals surface area contributed by atoms with E-state index in [1.54, 1.807) is 18.4 Å². The number of aliphatic imine (C=N–C) groups is 1. The normalized spacial score (nSPS) is 11.2. The van der Waals surface area contributed by atoms with E-state index < -0.39 is 0 Å². The average Bonchev–Trinajstić information content (AvgIpc) is 3.10. The first-order chi connectivity index (χ1) is 11.7. The van der Waals surface area contributed by atoms with Gasteiger partial charge >= 0.3 is 0 Å². The molecule has 0 aliphatic rings. The van der Waals surface area contributed by atoms with Gasteiger partial charge < -0.3 is 16.0 Å². The van der Waals surface area contributed by atoms with Crippen LogP contribution in [0.2, 0.25) is 0 Å². The van der Waals surface area contributed by atoms with E-state index in [0.717, 1.165) is 24.5 Å². The summed E-state index contributed by atoms with van der Waals surface area (Å²) in [5.74, 6) is 0.692. The van der Waals surface area contributed by atoms with Gasteiger partial charge in [-0.1, -0.05) is 23.8 Å². The molecule has 0 aliphatic heterocycles. The van der Waals surface area contributed by atoms with E-state index in [9.17, 15) is 4.79 Å². The van der Waals surface area contributed by atoms with Gasteiger partial charge in [-0.3, -0.25) is 9.79 Å². The zero-order valence-corrected chi connectivity index (χ0v) is 15.0. The second-order valence-electron chi connectivity index (χ2n) is 5.38. The second kappa shape index (κ2) is 9.72. The number of thiophene rings is 1. The number of guanidine groups is 1. The lowest BCUT2D eigenvalue weighted by atomic mass is 10.1. The summed E-state index contributed by atoms with van der Waals surface area (Å²) in [6.07, 6.45) is 0.975. The van der Waals surface area contributed by atoms with Crippen LogP contribution in [-0.2, 0) is 6.42 Å². The molecule has 128 valence electrons. The van der Waals surface area contributed by atoms with Gasteiger partial charge in [0.2, 0.25) is 0 Å². The van der Waals surface area contributed by atoms with Crippen molar-refractivity contribution in [2.24, 2.45) is 4.99 Å². The predicted molar refractivity (Wildman–Crippen MR) is 101 cm³/mol. The highest BCUT2D eigenvalue weighted by atomic mass is 32.1. The molecule has 1 amide bonds. The molecule has 1 aromatic carbocycles. The summed E-state index contributed by atoms with van der Waals surface area (Å²) in [6, 6.07) is 11.8. The number of carbonyl (C=O) groups is 1. The highest BCUT2D eigenvalue weighted by molar-refractivity contribution is 7.09. The van der Waals surface area contributed by atoms with Crippen LogP contribution >= 0.6 is 11.3 Å². The van der Waals surface area contributed by atoms with Gasteiger partial charge in [0.05, 0.1) is 0 Å². The summed E-state index contributed by atoms with van der Waals surface area (Å²) in [4.78, 5) is 17.6. The van der Waals surface area contributed by atoms with Crippen molar-refractivity contribution in [3.05, 3.63) is 57.8 Å². The lowest BCUT2D eigenvalue weighted by Crippen LogP contribution is -2.42. The van der Waals surface area contributed by atoms with E-state index >= 15 is 0 Å². The van der Waals surface area contributed by atoms with Crippen LogP contribution in [-0.4, -0.2) is 38.5 Å². The third-order valence-corrected chi connectivity index (χ3v) is 4.39. The van der Waals surface area contributed by atoms with Crippen molar-refractivity contribution in [3.63, 3.8) is 0 Å². The molecule has 0 atom stereocenters. The van der Waals surface area contributed by atoms with Crippen LogP contribution < -0.4 is 16.0 Å². The number of carbonyl (C=O) groups excluding carboxylic acids is 1. The monoisotopic (exact) mass is 344 g/mol. The Morgan fingerprint density at radius 1 is 1.08 bits per heavy atom. The number of benzene rings is 1. The maximum atomic E-state index is 12.0. The highest BCUT2D eigenvalue weighted by Crippen LogP contribution is 2.07. The van der Waals surface area contributed by atoms with Crippen LogP contribution in [0.4, 0.5) is 0 Å². The number of hydrogen-bond donors (Lipinski definition) is 3. The lowest BCUT2D eigenvalue weighted by Gasteiger charge is -2.12. The number of nitrogens with one attached hydrogen (secondary N) is 3. The van der Waals surface area contributed by atoms with Crippen molar-refractivity contribution < 1.29 is 4.79 Å². The summed E-state index contributed by atoms with van der Waals surface area (Å²) < 4.78 is 0. The maximum Gasteiger partial charge on any atom is 0.251 e. The van der Waals surface area contributed by atoms with E-state index in [-0.39, 0.29) is 5.91 Å². The molecule has 1 aromatic heterocycles. The Bertz CT molecular complexity index is 667. The van der Waals surface area contributed by atoms with Crippen molar-refractivity contribution in [1.82, 2.24) is 16.0 Å². The molecule has 0 spiro atoms. The van der Waals surface area contributed by atoms with Gasteiger partial charge in [-0.2, -0.15) is 0 Å². The summed E-state index contributed by atoms with van der Waals surface area (Å²) in [6.45, 7) is 3.97. The van der Waals surface area contributed by atoms with Crippen molar-refractivity contribution in [1.29, 1.82) is 0 Å². The van der Waals surface area contributed by atoms with Crippen molar-refractivity contribution in [3.8, 4) is 0 Å². The second-order valence-corrected chi connectivity index (χ2v) is 6.41. The molecule has 1 heterocycles. The van der Waals surface area contributed by atoms with Gasteiger partial charge in [0.1, 0.15) is 0 Å². The fourth-order valence-corrected chi connectivity index (χ4v) is 2.93. The summed E-state index contributed by atoms with van der Waals surface area (Å²) in [5.41, 5.74) is 1.77. The first kappa shape index (κ1) is 18.0. The number of amides is 1. The smallest absolute Gasteiger partial charge is 0.251 e. The summed E-state index contributed by atoms with van der Waals surface area (Å²) in [5, 5.41) is 11.4. The Hall–Kier alpha value is -2.34. The number of rotatable bonds is 7. The molecular weight excluding hydrogens is 320 g/mol. The van der Waals surface area contributed by atoms with Crippen molar-refractivity contribution in [2.75, 3.05) is 26.7 Å². The van der Waals surface area contributed by atoms with Gasteiger partial charge in [0.25, 0.3) is 5.91 Å². The number of aryl methyl sites for hydroxylation is 1. The van der Waals surface area contributed by atoms with E-state index in [1.807, 2.05) is 31.2 Å². The molecule has 0 aliphatic carbocycles. The molecule has 0 unspecified atom stereocenters. The zero-order chi connectivity index (χ0) is 17.2. The standard InChI is InChI=1S/C18H24N4OS/c1-14-5-3-6-15(13-14)17(23)20-10-11-22-18(19-2)21-9-8-16-7-4-12-24-16/h3-7,12-13H,8-11H2,1-2H3,(H,20,23)(H2,19,21,22). The van der Waals surface area contributed by atoms with Gasteiger partial charge in [0, 0.05) is 37.1 Å². The minimum atomic E-state index is -0.0545. The molecular formula is C18H24N4OS. The minimum absolute atomic E-state index is 0.0545. The molecule has 5 nitrogen and oxygen atoms in total. The molecule has 24 heavy (non-hydrogen) atoms. The largest absolute Gasteiger partial charge is 0.356 e. The first-order valence-corrected chi connectivity index (χ1v) is 8.89. The van der Waals surface area contributed by atoms with Crippen LogP contribution in [0.3, 0.4) is 0 Å². The molecule has 2 aromatic rings. The SMILES string of the molecule is CN=C(NCCNC(=O)c1cccc(C)c1)NCCc1cccs1. The molecule has 0 saturated carbocycles. The van der Waals surface area contributed by atoms with Crippen LogP contribution in [0.25, 0.3) is 0 Å². The molecule has 3 N–H and O–H groups in total. The third kappa shape index (κ3) is 6.04. The van der Waals surface area contributed by atoms with Crippen LogP contribution in [0.15, 0.2) is 46.8 Å². The van der Waals surface area contributed by atoms with Gasteiger partial charge in [-0.25, -0.2) is 0 Å². The lowest BCUT2D eigenvalue weighted by molar-refractivity contribution is 0.0954. The molecule has 2 rings (SSSR count). The average molecular weight is 344 g/mol. The number of hydrogen-bond acceptors (Lipinski definition) is 3. The van der Waals surface area contributed by atoms with E-state index in [1.165, 1.54) is 4.88 Å². The van der Waals surface area contributed by atoms with E-state index in [0.29, 0.717) is 18.7 Å². The van der Waals surface area contributed by atoms with Crippen molar-refractivity contribution >= 4 is 23.2 Å². The Labute approximate surface area is 147 Å². The molecule has 0 saturated heterocycles. The van der Waals surface area contributed by atoms with Gasteiger partial charge in [-0.05, 0) is 36.9 Å². The third-order valence-electron chi connectivity index (χ3n) is 3.45. The quantitative estimate of drug-likeness (QED) is 0.410. The summed E-state index contributed by atoms with van der Waals surface area (Å²) >= 11 is 1.76. The Balaban J connectivity index is 1.64. The molecule has 0 fully saturated rings. The Kier molecular flexibility index (Phi) is 7.29. The van der Waals surface area contributed by atoms with Crippen molar-refractivity contribution in [2.45, 2.75) is 13.3 Å². The van der Waals surface area contributed by atoms with Gasteiger partial charge in [0.15, 0.2) is 5.96 Å². The Morgan fingerprint density at radius 2 is 1.88 bits per heavy atom. The fraction of sp³-hybridized carbons (Fsp3) is 0.333. The van der Waals surface area contributed by atoms with Crippen LogP contribution in [0.1, 0.15) is 20.8 Å². The van der Waals surface area contributed by atoms with Crippen LogP contribution in [0, 0.1) is 6.92 Å². The molecule has 0 bridgehead atoms. The molecule has 6 heteroatoms. The molecule has 0 radical (unpaired) electrons. The van der Waals surface area contributed by atoms with Crippen LogP contribution in [0.5, 0.6) is 0 Å². The summed E-state index contributed by atoms with van der Waals surface area (Å²) in [7, 11) is 1.74. The van der Waals surface area contributed by atoms with E-state index in [2.05, 4.69) is 38.5 Å². The number of nitrogens with zero attached hydrogens (tertiary/aromatic N) is 1. The first-order valence-electron chi connectivity index (χ1n) is 8.01. The van der Waals surface area contributed by atoms with Gasteiger partial charge in [-0.15, -0.1) is 11.3 Å². The highest BCUT2D eigenvalue weighted by Gasteiger charge is 2.04. The topological polar surface area (TPSA) is 65.5 Å². The maximum absolute atomic E-state index is 12.0. The predicted octanol–water partition coefficient (Wildman–Crippen LogP) is 2.19. The van der Waals surface area contributed by atoms with E-state index in [4.69, 9.17) is 0 Å². The zero-order valence-electron chi connectivity index (χ0n) is 14.1. The fourth-order valence-electron chi connectivity index (χ4n) is 2.22. The minimum Gasteiger partial charge on any atom is -0.356 e.